The van der Waals surface area contributed by atoms with E-state index in [9.17, 15) is 9.90 Å². The normalized spacial score (nSPS) is 24.0. The number of aliphatic carboxylic acids is 1. The Balaban J connectivity index is 1.46. The molecule has 3 aromatic rings. The first kappa shape index (κ1) is 24.2. The smallest absolute Gasteiger partial charge is 0.320 e. The number of aryl methyl sites for hydroxylation is 1. The summed E-state index contributed by atoms with van der Waals surface area (Å²) < 4.78 is 1.88. The molecule has 35 heavy (non-hydrogen) atoms. The highest BCUT2D eigenvalue weighted by Crippen LogP contribution is 2.37. The molecule has 1 aliphatic carbocycles. The van der Waals surface area contributed by atoms with Crippen LogP contribution in [0.25, 0.3) is 16.7 Å². The van der Waals surface area contributed by atoms with E-state index in [1.165, 1.54) is 0 Å². The second-order valence-corrected chi connectivity index (χ2v) is 10.6. The van der Waals surface area contributed by atoms with Crippen molar-refractivity contribution in [2.45, 2.75) is 64.6 Å². The summed E-state index contributed by atoms with van der Waals surface area (Å²) in [5.74, 6) is -0.384. The summed E-state index contributed by atoms with van der Waals surface area (Å²) in [6, 6.07) is 5.21. The lowest BCUT2D eigenvalue weighted by Crippen LogP contribution is -2.46. The van der Waals surface area contributed by atoms with E-state index < -0.39 is 5.97 Å². The number of carboxylic acids is 1. The molecule has 5 rings (SSSR count). The fraction of sp³-hybridized carbons (Fsp3) is 0.462. The van der Waals surface area contributed by atoms with Gasteiger partial charge in [0.05, 0.1) is 23.6 Å². The minimum Gasteiger partial charge on any atom is -0.480 e. The highest BCUT2D eigenvalue weighted by atomic mass is 35.5. The van der Waals surface area contributed by atoms with Crippen LogP contribution in [-0.2, 0) is 4.79 Å². The largest absolute Gasteiger partial charge is 0.480 e. The SMILES string of the molecule is Cc1nn(C(C)c2ccc(Cl)cc2Cl)c2nc(C3=CCC(N4CCC[C@H]4C(=O)O)C(C)C3)cnc12. The number of rotatable bonds is 5. The fourth-order valence-electron chi connectivity index (χ4n) is 5.63. The molecule has 1 N–H and O–H groups in total. The molecule has 1 fully saturated rings. The van der Waals surface area contributed by atoms with E-state index in [4.69, 9.17) is 38.3 Å². The Morgan fingerprint density at radius 1 is 1.29 bits per heavy atom. The third-order valence-electron chi connectivity index (χ3n) is 7.49. The van der Waals surface area contributed by atoms with Gasteiger partial charge in [0, 0.05) is 16.1 Å². The van der Waals surface area contributed by atoms with Crippen molar-refractivity contribution in [3.8, 4) is 0 Å². The van der Waals surface area contributed by atoms with Crippen LogP contribution in [0.2, 0.25) is 10.0 Å². The lowest BCUT2D eigenvalue weighted by Gasteiger charge is -2.37. The van der Waals surface area contributed by atoms with Gasteiger partial charge in [-0.05, 0) is 75.3 Å². The summed E-state index contributed by atoms with van der Waals surface area (Å²) >= 11 is 12.6. The average molecular weight is 514 g/mol. The van der Waals surface area contributed by atoms with E-state index in [0.717, 1.165) is 65.9 Å². The molecule has 9 heteroatoms. The van der Waals surface area contributed by atoms with Gasteiger partial charge < -0.3 is 5.11 Å². The monoisotopic (exact) mass is 513 g/mol. The van der Waals surface area contributed by atoms with Gasteiger partial charge in [0.15, 0.2) is 5.65 Å². The Morgan fingerprint density at radius 2 is 2.09 bits per heavy atom. The van der Waals surface area contributed by atoms with Gasteiger partial charge in [-0.2, -0.15) is 5.10 Å². The van der Waals surface area contributed by atoms with Gasteiger partial charge >= 0.3 is 5.97 Å². The zero-order chi connectivity index (χ0) is 24.9. The molecule has 4 atom stereocenters. The Hall–Kier alpha value is -2.48. The van der Waals surface area contributed by atoms with Gasteiger partial charge in [0.1, 0.15) is 11.6 Å². The molecule has 2 aliphatic rings. The molecule has 1 aromatic carbocycles. The van der Waals surface area contributed by atoms with E-state index in [-0.39, 0.29) is 18.1 Å². The maximum atomic E-state index is 11.7. The molecule has 7 nitrogen and oxygen atoms in total. The molecule has 184 valence electrons. The maximum absolute atomic E-state index is 11.7. The van der Waals surface area contributed by atoms with Gasteiger partial charge in [-0.25, -0.2) is 14.6 Å². The molecule has 0 amide bonds. The minimum atomic E-state index is -0.709. The first-order valence-electron chi connectivity index (χ1n) is 12.1. The van der Waals surface area contributed by atoms with Crippen LogP contribution in [0.5, 0.6) is 0 Å². The van der Waals surface area contributed by atoms with Crippen LogP contribution >= 0.6 is 23.2 Å². The highest BCUT2D eigenvalue weighted by Gasteiger charge is 2.38. The molecule has 0 radical (unpaired) electrons. The van der Waals surface area contributed by atoms with Crippen LogP contribution in [0.3, 0.4) is 0 Å². The van der Waals surface area contributed by atoms with E-state index in [1.807, 2.05) is 36.9 Å². The number of benzene rings is 1. The van der Waals surface area contributed by atoms with Crippen LogP contribution in [0.1, 0.15) is 62.5 Å². The van der Waals surface area contributed by atoms with Crippen molar-refractivity contribution in [2.75, 3.05) is 6.54 Å². The van der Waals surface area contributed by atoms with Crippen molar-refractivity contribution in [1.82, 2.24) is 24.6 Å². The standard InChI is InChI=1S/C26H29Cl2N5O2/c1-14-11-17(6-9-22(14)32-10-4-5-23(32)26(34)35)21-13-29-24-15(2)31-33(25(24)30-21)16(3)19-8-7-18(27)12-20(19)28/h6-8,12-14,16,22-23H,4-5,9-11H2,1-3H3,(H,34,35)/t14?,16?,22?,23-/m0/s1. The maximum Gasteiger partial charge on any atom is 0.320 e. The predicted molar refractivity (Wildman–Crippen MR) is 138 cm³/mol. The summed E-state index contributed by atoms with van der Waals surface area (Å²) in [6.45, 7) is 7.03. The van der Waals surface area contributed by atoms with Crippen molar-refractivity contribution in [3.63, 3.8) is 0 Å². The summed E-state index contributed by atoms with van der Waals surface area (Å²) in [7, 11) is 0. The summed E-state index contributed by atoms with van der Waals surface area (Å²) in [6.07, 6.45) is 7.36. The summed E-state index contributed by atoms with van der Waals surface area (Å²) in [5, 5.41) is 15.5. The van der Waals surface area contributed by atoms with Crippen molar-refractivity contribution in [1.29, 1.82) is 0 Å². The third kappa shape index (κ3) is 4.46. The molecule has 3 heterocycles. The van der Waals surface area contributed by atoms with Crippen LogP contribution in [-0.4, -0.2) is 54.4 Å². The number of halogens is 2. The lowest BCUT2D eigenvalue weighted by atomic mass is 9.83. The van der Waals surface area contributed by atoms with E-state index >= 15 is 0 Å². The van der Waals surface area contributed by atoms with Crippen molar-refractivity contribution in [3.05, 3.63) is 57.5 Å². The molecule has 2 aromatic heterocycles. The van der Waals surface area contributed by atoms with Crippen molar-refractivity contribution in [2.24, 2.45) is 5.92 Å². The first-order valence-corrected chi connectivity index (χ1v) is 12.8. The molecule has 0 saturated carbocycles. The van der Waals surface area contributed by atoms with Gasteiger partial charge in [0.2, 0.25) is 0 Å². The quantitative estimate of drug-likeness (QED) is 0.465. The van der Waals surface area contributed by atoms with Crippen molar-refractivity contribution < 1.29 is 9.90 Å². The molecular weight excluding hydrogens is 485 g/mol. The van der Waals surface area contributed by atoms with Gasteiger partial charge in [0.25, 0.3) is 0 Å². The predicted octanol–water partition coefficient (Wildman–Crippen LogP) is 5.78. The first-order chi connectivity index (χ1) is 16.7. The summed E-state index contributed by atoms with van der Waals surface area (Å²) in [4.78, 5) is 23.6. The highest BCUT2D eigenvalue weighted by molar-refractivity contribution is 6.35. The Labute approximate surface area is 214 Å². The number of aromatic nitrogens is 4. The number of carboxylic acid groups (broad SMARTS) is 1. The van der Waals surface area contributed by atoms with Crippen LogP contribution in [0.4, 0.5) is 0 Å². The average Bonchev–Trinajstić information content (AvgIpc) is 3.43. The van der Waals surface area contributed by atoms with E-state index in [2.05, 4.69) is 17.9 Å². The zero-order valence-electron chi connectivity index (χ0n) is 20.1. The zero-order valence-corrected chi connectivity index (χ0v) is 21.6. The van der Waals surface area contributed by atoms with E-state index in [1.54, 1.807) is 6.07 Å². The molecule has 0 spiro atoms. The van der Waals surface area contributed by atoms with Gasteiger partial charge in [-0.1, -0.05) is 42.3 Å². The molecular formula is C26H29Cl2N5O2. The Morgan fingerprint density at radius 3 is 2.80 bits per heavy atom. The number of carbonyl (C=O) groups is 1. The number of fused-ring (bicyclic) bond motifs is 1. The number of hydrogen-bond acceptors (Lipinski definition) is 5. The number of allylic oxidation sites excluding steroid dienone is 1. The van der Waals surface area contributed by atoms with Crippen LogP contribution in [0.15, 0.2) is 30.5 Å². The second kappa shape index (κ2) is 9.52. The lowest BCUT2D eigenvalue weighted by molar-refractivity contribution is -0.143. The number of likely N-dealkylation sites (tertiary alicyclic amines) is 1. The fourth-order valence-corrected chi connectivity index (χ4v) is 6.20. The molecule has 1 aliphatic heterocycles. The number of nitrogens with zero attached hydrogens (tertiary/aromatic N) is 5. The summed E-state index contributed by atoms with van der Waals surface area (Å²) in [5.41, 5.74) is 5.22. The van der Waals surface area contributed by atoms with E-state index in [0.29, 0.717) is 16.0 Å². The van der Waals surface area contributed by atoms with Crippen LogP contribution in [0, 0.1) is 12.8 Å². The molecule has 0 bridgehead atoms. The minimum absolute atomic E-state index is 0.146. The van der Waals surface area contributed by atoms with Crippen molar-refractivity contribution >= 4 is 45.9 Å². The van der Waals surface area contributed by atoms with Crippen LogP contribution < -0.4 is 0 Å². The Bertz CT molecular complexity index is 1320. The van der Waals surface area contributed by atoms with Gasteiger partial charge in [-0.3, -0.25) is 9.69 Å². The number of hydrogen-bond donors (Lipinski definition) is 1. The molecule has 1 saturated heterocycles. The Kier molecular flexibility index (Phi) is 6.59. The van der Waals surface area contributed by atoms with Gasteiger partial charge in [-0.15, -0.1) is 0 Å². The molecule has 3 unspecified atom stereocenters. The topological polar surface area (TPSA) is 84.1 Å². The second-order valence-electron chi connectivity index (χ2n) is 9.75. The third-order valence-corrected chi connectivity index (χ3v) is 8.05.